The summed E-state index contributed by atoms with van der Waals surface area (Å²) in [4.78, 5) is 11.9. The minimum Gasteiger partial charge on any atom is -0.298 e. The van der Waals surface area contributed by atoms with Crippen LogP contribution in [0.2, 0.25) is 0 Å². The van der Waals surface area contributed by atoms with Gasteiger partial charge in [0, 0.05) is 15.1 Å². The average molecular weight is 225 g/mol. The van der Waals surface area contributed by atoms with E-state index < -0.39 is 0 Å². The molecule has 0 bridgehead atoms. The number of fused-ring (bicyclic) bond motifs is 1. The molecule has 1 aromatic heterocycles. The topological polar surface area (TPSA) is 17.1 Å². The highest BCUT2D eigenvalue weighted by atomic mass is 35.5. The van der Waals surface area contributed by atoms with Gasteiger partial charge in [-0.05, 0) is 36.1 Å². The van der Waals surface area contributed by atoms with E-state index in [1.165, 1.54) is 5.39 Å². The molecule has 1 nitrogen and oxygen atoms in total. The first-order valence-electron chi connectivity index (χ1n) is 4.29. The van der Waals surface area contributed by atoms with Crippen molar-refractivity contribution in [2.75, 3.05) is 0 Å². The fourth-order valence-electron chi connectivity index (χ4n) is 1.46. The molecule has 72 valence electrons. The van der Waals surface area contributed by atoms with Crippen molar-refractivity contribution in [1.29, 1.82) is 0 Å². The predicted octanol–water partition coefficient (Wildman–Crippen LogP) is 3.76. The quantitative estimate of drug-likeness (QED) is 0.561. The number of benzene rings is 1. The van der Waals surface area contributed by atoms with Gasteiger partial charge in [0.15, 0.2) is 0 Å². The standard InChI is InChI=1S/C11H9ClOS/c1-7-2-8-3-10(5-12)14-11(8)4-9(7)6-13/h2-4,6H,5H2,1H3. The third-order valence-electron chi connectivity index (χ3n) is 2.21. The predicted molar refractivity (Wildman–Crippen MR) is 61.5 cm³/mol. The van der Waals surface area contributed by atoms with Crippen molar-refractivity contribution in [2.45, 2.75) is 12.8 Å². The van der Waals surface area contributed by atoms with E-state index in [-0.39, 0.29) is 0 Å². The molecule has 1 aromatic carbocycles. The minimum absolute atomic E-state index is 0.537. The van der Waals surface area contributed by atoms with Crippen molar-refractivity contribution in [3.8, 4) is 0 Å². The van der Waals surface area contributed by atoms with Crippen LogP contribution in [0.15, 0.2) is 18.2 Å². The van der Waals surface area contributed by atoms with Crippen LogP contribution in [0.3, 0.4) is 0 Å². The molecule has 1 heterocycles. The van der Waals surface area contributed by atoms with Gasteiger partial charge in [-0.3, -0.25) is 4.79 Å². The number of aldehydes is 1. The number of aryl methyl sites for hydroxylation is 1. The Kier molecular flexibility index (Phi) is 2.57. The van der Waals surface area contributed by atoms with Crippen LogP contribution in [-0.4, -0.2) is 6.29 Å². The van der Waals surface area contributed by atoms with E-state index >= 15 is 0 Å². The van der Waals surface area contributed by atoms with E-state index in [4.69, 9.17) is 11.6 Å². The summed E-state index contributed by atoms with van der Waals surface area (Å²) in [5.41, 5.74) is 1.78. The molecule has 0 amide bonds. The lowest BCUT2D eigenvalue weighted by molar-refractivity contribution is 0.112. The first-order valence-corrected chi connectivity index (χ1v) is 5.64. The zero-order valence-electron chi connectivity index (χ0n) is 7.71. The van der Waals surface area contributed by atoms with Crippen LogP contribution in [0.4, 0.5) is 0 Å². The monoisotopic (exact) mass is 224 g/mol. The summed E-state index contributed by atoms with van der Waals surface area (Å²) in [6, 6.07) is 6.04. The van der Waals surface area contributed by atoms with E-state index in [2.05, 4.69) is 6.07 Å². The molecule has 0 aliphatic rings. The summed E-state index contributed by atoms with van der Waals surface area (Å²) >= 11 is 7.40. The van der Waals surface area contributed by atoms with Crippen LogP contribution < -0.4 is 0 Å². The molecule has 2 aromatic rings. The second-order valence-corrected chi connectivity index (χ2v) is 4.65. The molecule has 0 aliphatic carbocycles. The maximum atomic E-state index is 10.7. The summed E-state index contributed by atoms with van der Waals surface area (Å²) in [7, 11) is 0. The zero-order valence-corrected chi connectivity index (χ0v) is 9.28. The number of carbonyl (C=O) groups excluding carboxylic acids is 1. The Hall–Kier alpha value is -0.860. The Morgan fingerprint density at radius 3 is 2.86 bits per heavy atom. The molecule has 0 spiro atoms. The number of rotatable bonds is 2. The second kappa shape index (κ2) is 3.71. The first kappa shape index (κ1) is 9.69. The van der Waals surface area contributed by atoms with Gasteiger partial charge >= 0.3 is 0 Å². The Bertz CT molecular complexity index is 487. The van der Waals surface area contributed by atoms with E-state index in [0.29, 0.717) is 5.88 Å². The number of alkyl halides is 1. The van der Waals surface area contributed by atoms with Crippen LogP contribution in [0, 0.1) is 6.92 Å². The lowest BCUT2D eigenvalue weighted by Gasteiger charge is -1.97. The highest BCUT2D eigenvalue weighted by Gasteiger charge is 2.04. The van der Waals surface area contributed by atoms with Gasteiger partial charge in [-0.25, -0.2) is 0 Å². The lowest BCUT2D eigenvalue weighted by Crippen LogP contribution is -1.83. The highest BCUT2D eigenvalue weighted by Crippen LogP contribution is 2.28. The molecule has 0 unspecified atom stereocenters. The smallest absolute Gasteiger partial charge is 0.150 e. The summed E-state index contributed by atoms with van der Waals surface area (Å²) in [5.74, 6) is 0.537. The third-order valence-corrected chi connectivity index (χ3v) is 3.76. The molecule has 0 atom stereocenters. The zero-order chi connectivity index (χ0) is 10.1. The molecular weight excluding hydrogens is 216 g/mol. The Morgan fingerprint density at radius 2 is 2.21 bits per heavy atom. The maximum Gasteiger partial charge on any atom is 0.150 e. The molecule has 0 saturated carbocycles. The summed E-state index contributed by atoms with van der Waals surface area (Å²) in [6.45, 7) is 1.95. The molecular formula is C11H9ClOS. The summed E-state index contributed by atoms with van der Waals surface area (Å²) < 4.78 is 1.13. The third kappa shape index (κ3) is 1.56. The number of hydrogen-bond acceptors (Lipinski definition) is 2. The molecule has 0 fully saturated rings. The van der Waals surface area contributed by atoms with Crippen molar-refractivity contribution >= 4 is 39.3 Å². The van der Waals surface area contributed by atoms with E-state index in [1.54, 1.807) is 11.3 Å². The maximum absolute atomic E-state index is 10.7. The molecule has 0 N–H and O–H groups in total. The number of hydrogen-bond donors (Lipinski definition) is 0. The van der Waals surface area contributed by atoms with E-state index in [1.807, 2.05) is 19.1 Å². The average Bonchev–Trinajstić information content (AvgIpc) is 2.58. The van der Waals surface area contributed by atoms with Crippen LogP contribution in [0.5, 0.6) is 0 Å². The van der Waals surface area contributed by atoms with Crippen molar-refractivity contribution in [3.05, 3.63) is 34.2 Å². The van der Waals surface area contributed by atoms with Crippen molar-refractivity contribution < 1.29 is 4.79 Å². The van der Waals surface area contributed by atoms with Gasteiger partial charge in [0.05, 0.1) is 5.88 Å². The lowest BCUT2D eigenvalue weighted by atomic mass is 10.1. The minimum atomic E-state index is 0.537. The summed E-state index contributed by atoms with van der Waals surface area (Å²) in [6.07, 6.45) is 0.898. The van der Waals surface area contributed by atoms with Crippen LogP contribution in [0.1, 0.15) is 20.8 Å². The van der Waals surface area contributed by atoms with Gasteiger partial charge in [-0.2, -0.15) is 0 Å². The molecule has 2 rings (SSSR count). The Labute approximate surface area is 91.3 Å². The SMILES string of the molecule is Cc1cc2cc(CCl)sc2cc1C=O. The second-order valence-electron chi connectivity index (χ2n) is 3.21. The fraction of sp³-hybridized carbons (Fsp3) is 0.182. The number of halogens is 1. The van der Waals surface area contributed by atoms with Gasteiger partial charge in [0.25, 0.3) is 0 Å². The number of thiophene rings is 1. The van der Waals surface area contributed by atoms with Crippen molar-refractivity contribution in [3.63, 3.8) is 0 Å². The highest BCUT2D eigenvalue weighted by molar-refractivity contribution is 7.19. The Morgan fingerprint density at radius 1 is 1.43 bits per heavy atom. The molecule has 3 heteroatoms. The van der Waals surface area contributed by atoms with Gasteiger partial charge in [-0.1, -0.05) is 0 Å². The van der Waals surface area contributed by atoms with Crippen LogP contribution in [0.25, 0.3) is 10.1 Å². The van der Waals surface area contributed by atoms with Gasteiger partial charge in [-0.15, -0.1) is 22.9 Å². The van der Waals surface area contributed by atoms with Gasteiger partial charge in [0.2, 0.25) is 0 Å². The number of carbonyl (C=O) groups is 1. The van der Waals surface area contributed by atoms with Crippen molar-refractivity contribution in [2.24, 2.45) is 0 Å². The van der Waals surface area contributed by atoms with Gasteiger partial charge in [0.1, 0.15) is 6.29 Å². The Balaban J connectivity index is 2.69. The summed E-state index contributed by atoms with van der Waals surface area (Å²) in [5, 5.41) is 1.17. The van der Waals surface area contributed by atoms with Crippen molar-refractivity contribution in [1.82, 2.24) is 0 Å². The van der Waals surface area contributed by atoms with Gasteiger partial charge < -0.3 is 0 Å². The molecule has 0 saturated heterocycles. The fourth-order valence-corrected chi connectivity index (χ4v) is 2.65. The van der Waals surface area contributed by atoms with Crippen LogP contribution >= 0.6 is 22.9 Å². The first-order chi connectivity index (χ1) is 6.74. The molecule has 14 heavy (non-hydrogen) atoms. The van der Waals surface area contributed by atoms with Crippen LogP contribution in [-0.2, 0) is 5.88 Å². The molecule has 0 aliphatic heterocycles. The molecule has 0 radical (unpaired) electrons. The van der Waals surface area contributed by atoms with E-state index in [9.17, 15) is 4.79 Å². The normalized spacial score (nSPS) is 10.7. The largest absolute Gasteiger partial charge is 0.298 e. The van der Waals surface area contributed by atoms with E-state index in [0.717, 1.165) is 27.0 Å².